The van der Waals surface area contributed by atoms with E-state index < -0.39 is 0 Å². The first-order valence-electron chi connectivity index (χ1n) is 7.67. The van der Waals surface area contributed by atoms with Crippen LogP contribution in [0.15, 0.2) is 54.6 Å². The molecular weight excluding hydrogens is 276 g/mol. The average Bonchev–Trinajstić information content (AvgIpc) is 2.58. The second-order valence-electron chi connectivity index (χ2n) is 4.86. The Morgan fingerprint density at radius 3 is 2.41 bits per heavy atom. The van der Waals surface area contributed by atoms with E-state index in [-0.39, 0.29) is 0 Å². The quantitative estimate of drug-likeness (QED) is 0.661. The first-order valence-corrected chi connectivity index (χ1v) is 7.67. The molecule has 4 heteroatoms. The van der Waals surface area contributed by atoms with Gasteiger partial charge in [-0.15, -0.1) is 0 Å². The molecule has 0 aromatic heterocycles. The standard InChI is InChI=1S/C18H24N2O2/c19-10-11-20-12-13-21-14-15-22-18-9-5-4-8-17(18)16-6-2-1-3-7-16/h1-9,20H,10-15,19H2. The Morgan fingerprint density at radius 1 is 0.818 bits per heavy atom. The van der Waals surface area contributed by atoms with Crippen molar-refractivity contribution in [1.29, 1.82) is 0 Å². The second kappa shape index (κ2) is 9.95. The van der Waals surface area contributed by atoms with Crippen LogP contribution in [0.1, 0.15) is 0 Å². The van der Waals surface area contributed by atoms with Gasteiger partial charge in [0.05, 0.1) is 13.2 Å². The van der Waals surface area contributed by atoms with Crippen LogP contribution >= 0.6 is 0 Å². The molecule has 0 saturated heterocycles. The van der Waals surface area contributed by atoms with Gasteiger partial charge in [0.25, 0.3) is 0 Å². The lowest BCUT2D eigenvalue weighted by Gasteiger charge is -2.12. The zero-order valence-electron chi connectivity index (χ0n) is 12.8. The molecular formula is C18H24N2O2. The first kappa shape index (κ1) is 16.5. The summed E-state index contributed by atoms with van der Waals surface area (Å²) in [6, 6.07) is 18.3. The van der Waals surface area contributed by atoms with E-state index >= 15 is 0 Å². The largest absolute Gasteiger partial charge is 0.491 e. The maximum atomic E-state index is 5.85. The van der Waals surface area contributed by atoms with Crippen molar-refractivity contribution in [2.75, 3.05) is 39.5 Å². The summed E-state index contributed by atoms with van der Waals surface area (Å²) in [5.74, 6) is 0.888. The Hall–Kier alpha value is -1.88. The molecule has 0 aliphatic carbocycles. The number of hydrogen-bond acceptors (Lipinski definition) is 4. The van der Waals surface area contributed by atoms with Crippen molar-refractivity contribution in [2.24, 2.45) is 5.73 Å². The number of nitrogens with one attached hydrogen (secondary N) is 1. The van der Waals surface area contributed by atoms with Crippen molar-refractivity contribution in [1.82, 2.24) is 5.32 Å². The summed E-state index contributed by atoms with van der Waals surface area (Å²) < 4.78 is 11.4. The van der Waals surface area contributed by atoms with Crippen LogP contribution in [-0.4, -0.2) is 39.5 Å². The molecule has 118 valence electrons. The molecule has 0 aliphatic heterocycles. The summed E-state index contributed by atoms with van der Waals surface area (Å²) >= 11 is 0. The molecule has 2 aromatic carbocycles. The average molecular weight is 300 g/mol. The van der Waals surface area contributed by atoms with Crippen LogP contribution in [0.4, 0.5) is 0 Å². The summed E-state index contributed by atoms with van der Waals surface area (Å²) in [6.45, 7) is 4.08. The van der Waals surface area contributed by atoms with Gasteiger partial charge in [0.2, 0.25) is 0 Å². The molecule has 0 bridgehead atoms. The SMILES string of the molecule is NCCNCCOCCOc1ccccc1-c1ccccc1. The Balaban J connectivity index is 1.77. The third-order valence-corrected chi connectivity index (χ3v) is 3.20. The summed E-state index contributed by atoms with van der Waals surface area (Å²) in [5, 5.41) is 3.18. The van der Waals surface area contributed by atoms with Crippen LogP contribution in [0.2, 0.25) is 0 Å². The maximum Gasteiger partial charge on any atom is 0.127 e. The van der Waals surface area contributed by atoms with Gasteiger partial charge < -0.3 is 20.5 Å². The number of rotatable bonds is 10. The fourth-order valence-electron chi connectivity index (χ4n) is 2.13. The second-order valence-corrected chi connectivity index (χ2v) is 4.86. The number of benzene rings is 2. The molecule has 0 fully saturated rings. The van der Waals surface area contributed by atoms with Crippen molar-refractivity contribution in [3.8, 4) is 16.9 Å². The van der Waals surface area contributed by atoms with E-state index in [1.165, 1.54) is 0 Å². The van der Waals surface area contributed by atoms with Gasteiger partial charge in [-0.2, -0.15) is 0 Å². The number of para-hydroxylation sites is 1. The molecule has 22 heavy (non-hydrogen) atoms. The van der Waals surface area contributed by atoms with Gasteiger partial charge in [0.1, 0.15) is 12.4 Å². The lowest BCUT2D eigenvalue weighted by atomic mass is 10.1. The molecule has 0 heterocycles. The highest BCUT2D eigenvalue weighted by Crippen LogP contribution is 2.29. The summed E-state index contributed by atoms with van der Waals surface area (Å²) in [4.78, 5) is 0. The van der Waals surface area contributed by atoms with Gasteiger partial charge in [-0.3, -0.25) is 0 Å². The minimum absolute atomic E-state index is 0.542. The lowest BCUT2D eigenvalue weighted by molar-refractivity contribution is 0.102. The van der Waals surface area contributed by atoms with Gasteiger partial charge in [0, 0.05) is 25.2 Å². The minimum atomic E-state index is 0.542. The van der Waals surface area contributed by atoms with E-state index in [0.29, 0.717) is 26.4 Å². The maximum absolute atomic E-state index is 5.85. The first-order chi connectivity index (χ1) is 10.9. The molecule has 2 rings (SSSR count). The molecule has 3 N–H and O–H groups in total. The van der Waals surface area contributed by atoms with Gasteiger partial charge in [0.15, 0.2) is 0 Å². The molecule has 4 nitrogen and oxygen atoms in total. The molecule has 0 spiro atoms. The van der Waals surface area contributed by atoms with Crippen LogP contribution in [0.3, 0.4) is 0 Å². The van der Waals surface area contributed by atoms with Crippen molar-refractivity contribution < 1.29 is 9.47 Å². The van der Waals surface area contributed by atoms with Crippen molar-refractivity contribution in [3.63, 3.8) is 0 Å². The third-order valence-electron chi connectivity index (χ3n) is 3.20. The molecule has 0 unspecified atom stereocenters. The monoisotopic (exact) mass is 300 g/mol. The Labute approximate surface area is 132 Å². The van der Waals surface area contributed by atoms with Crippen molar-refractivity contribution in [2.45, 2.75) is 0 Å². The Morgan fingerprint density at radius 2 is 1.59 bits per heavy atom. The number of nitrogens with two attached hydrogens (primary N) is 1. The van der Waals surface area contributed by atoms with Gasteiger partial charge in [-0.1, -0.05) is 48.5 Å². The van der Waals surface area contributed by atoms with Crippen LogP contribution in [-0.2, 0) is 4.74 Å². The molecule has 0 atom stereocenters. The highest BCUT2D eigenvalue weighted by molar-refractivity contribution is 5.70. The fourth-order valence-corrected chi connectivity index (χ4v) is 2.13. The third kappa shape index (κ3) is 5.48. The summed E-state index contributed by atoms with van der Waals surface area (Å²) in [6.07, 6.45) is 0. The Kier molecular flexibility index (Phi) is 7.46. The molecule has 2 aromatic rings. The normalized spacial score (nSPS) is 10.6. The highest BCUT2D eigenvalue weighted by atomic mass is 16.5. The molecule has 0 aliphatic rings. The van der Waals surface area contributed by atoms with E-state index in [4.69, 9.17) is 15.2 Å². The fraction of sp³-hybridized carbons (Fsp3) is 0.333. The van der Waals surface area contributed by atoms with Gasteiger partial charge in [-0.05, 0) is 11.6 Å². The van der Waals surface area contributed by atoms with E-state index in [9.17, 15) is 0 Å². The highest BCUT2D eigenvalue weighted by Gasteiger charge is 2.04. The van der Waals surface area contributed by atoms with Crippen molar-refractivity contribution >= 4 is 0 Å². The lowest BCUT2D eigenvalue weighted by Crippen LogP contribution is -2.26. The van der Waals surface area contributed by atoms with E-state index in [0.717, 1.165) is 30.0 Å². The number of hydrogen-bond donors (Lipinski definition) is 2. The molecule has 0 saturated carbocycles. The summed E-state index contributed by atoms with van der Waals surface area (Å²) in [7, 11) is 0. The minimum Gasteiger partial charge on any atom is -0.491 e. The van der Waals surface area contributed by atoms with E-state index in [1.807, 2.05) is 36.4 Å². The van der Waals surface area contributed by atoms with Crippen LogP contribution < -0.4 is 15.8 Å². The smallest absolute Gasteiger partial charge is 0.127 e. The zero-order chi connectivity index (χ0) is 15.5. The van der Waals surface area contributed by atoms with Crippen molar-refractivity contribution in [3.05, 3.63) is 54.6 Å². The number of ether oxygens (including phenoxy) is 2. The van der Waals surface area contributed by atoms with Gasteiger partial charge in [-0.25, -0.2) is 0 Å². The van der Waals surface area contributed by atoms with Crippen LogP contribution in [0, 0.1) is 0 Å². The van der Waals surface area contributed by atoms with Gasteiger partial charge >= 0.3 is 0 Å². The van der Waals surface area contributed by atoms with Crippen LogP contribution in [0.25, 0.3) is 11.1 Å². The predicted molar refractivity (Wildman–Crippen MR) is 90.1 cm³/mol. The predicted octanol–water partition coefficient (Wildman–Crippen LogP) is 2.30. The molecule has 0 radical (unpaired) electrons. The Bertz CT molecular complexity index is 532. The van der Waals surface area contributed by atoms with E-state index in [1.54, 1.807) is 0 Å². The van der Waals surface area contributed by atoms with E-state index in [2.05, 4.69) is 23.5 Å². The zero-order valence-corrected chi connectivity index (χ0v) is 12.8. The summed E-state index contributed by atoms with van der Waals surface area (Å²) in [5.41, 5.74) is 7.66. The topological polar surface area (TPSA) is 56.5 Å². The molecule has 0 amide bonds. The van der Waals surface area contributed by atoms with Crippen LogP contribution in [0.5, 0.6) is 5.75 Å².